The molecule has 3 rings (SSSR count). The van der Waals surface area contributed by atoms with Crippen molar-refractivity contribution in [1.82, 2.24) is 15.5 Å². The summed E-state index contributed by atoms with van der Waals surface area (Å²) in [4.78, 5) is 60.6. The lowest BCUT2D eigenvalue weighted by molar-refractivity contribution is -0.136. The number of hydrogen-bond acceptors (Lipinski definition) is 7. The summed E-state index contributed by atoms with van der Waals surface area (Å²) in [5.74, 6) is -2.12. The lowest BCUT2D eigenvalue weighted by Crippen LogP contribution is -2.54. The first kappa shape index (κ1) is 23.2. The van der Waals surface area contributed by atoms with E-state index in [1.807, 2.05) is 0 Å². The minimum atomic E-state index is -1.05. The summed E-state index contributed by atoms with van der Waals surface area (Å²) in [6.07, 6.45) is 1.27. The van der Waals surface area contributed by atoms with Crippen molar-refractivity contribution in [2.45, 2.75) is 38.1 Å². The van der Waals surface area contributed by atoms with Gasteiger partial charge in [-0.1, -0.05) is 6.07 Å². The molecular formula is C21H26N4O7. The van der Waals surface area contributed by atoms with E-state index in [0.717, 1.165) is 17.7 Å². The van der Waals surface area contributed by atoms with Crippen molar-refractivity contribution < 1.29 is 33.8 Å². The number of carbonyl (C=O) groups is 5. The van der Waals surface area contributed by atoms with Crippen LogP contribution in [0, 0.1) is 0 Å². The predicted molar refractivity (Wildman–Crippen MR) is 112 cm³/mol. The standard InChI is InChI=1S/C21H26N4O7/c26-16-8-7-15(18(27)24-16)25-19(28)13-5-3-6-14(17(13)20(25)29)22-9-1-2-11-32-12-4-10-23-21(30)31/h3,5-6,15,22-23H,1-2,4,7-12H2,(H,30,31)(H,24,26,27). The summed E-state index contributed by atoms with van der Waals surface area (Å²) in [6, 6.07) is 3.95. The van der Waals surface area contributed by atoms with Gasteiger partial charge in [-0.05, 0) is 37.8 Å². The van der Waals surface area contributed by atoms with Crippen LogP contribution in [0.3, 0.4) is 0 Å². The number of nitrogens with one attached hydrogen (secondary N) is 3. The molecule has 1 saturated heterocycles. The number of carbonyl (C=O) groups excluding carboxylic acids is 4. The highest BCUT2D eigenvalue weighted by Crippen LogP contribution is 2.32. The third-order valence-corrected chi connectivity index (χ3v) is 5.24. The van der Waals surface area contributed by atoms with Gasteiger partial charge in [-0.25, -0.2) is 4.79 Å². The van der Waals surface area contributed by atoms with Crippen molar-refractivity contribution >= 4 is 35.4 Å². The Morgan fingerprint density at radius 1 is 1.09 bits per heavy atom. The zero-order valence-electron chi connectivity index (χ0n) is 17.5. The molecule has 32 heavy (non-hydrogen) atoms. The smallest absolute Gasteiger partial charge is 0.404 e. The second kappa shape index (κ2) is 10.7. The SMILES string of the molecule is O=C(O)NCCCOCCCCNc1cccc2c1C(=O)N(C1CCC(=O)NC1=O)C2=O. The highest BCUT2D eigenvalue weighted by molar-refractivity contribution is 6.25. The van der Waals surface area contributed by atoms with Gasteiger partial charge in [-0.2, -0.15) is 0 Å². The summed E-state index contributed by atoms with van der Waals surface area (Å²) in [7, 11) is 0. The van der Waals surface area contributed by atoms with E-state index >= 15 is 0 Å². The second-order valence-corrected chi connectivity index (χ2v) is 7.51. The summed E-state index contributed by atoms with van der Waals surface area (Å²) in [5.41, 5.74) is 1.00. The van der Waals surface area contributed by atoms with Crippen LogP contribution >= 0.6 is 0 Å². The first-order valence-corrected chi connectivity index (χ1v) is 10.5. The van der Waals surface area contributed by atoms with Gasteiger partial charge in [0.25, 0.3) is 11.8 Å². The molecule has 0 aromatic heterocycles. The minimum Gasteiger partial charge on any atom is -0.465 e. The number of ether oxygens (including phenoxy) is 1. The van der Waals surface area contributed by atoms with E-state index in [0.29, 0.717) is 38.4 Å². The van der Waals surface area contributed by atoms with E-state index in [1.54, 1.807) is 18.2 Å². The Balaban J connectivity index is 1.48. The number of hydrogen-bond donors (Lipinski definition) is 4. The predicted octanol–water partition coefficient (Wildman–Crippen LogP) is 0.954. The minimum absolute atomic E-state index is 0.0764. The summed E-state index contributed by atoms with van der Waals surface area (Å²) >= 11 is 0. The fraction of sp³-hybridized carbons (Fsp3) is 0.476. The van der Waals surface area contributed by atoms with Gasteiger partial charge in [0, 0.05) is 38.4 Å². The van der Waals surface area contributed by atoms with Crippen LogP contribution in [0.1, 0.15) is 52.8 Å². The molecule has 1 fully saturated rings. The van der Waals surface area contributed by atoms with Gasteiger partial charge in [0.1, 0.15) is 6.04 Å². The molecule has 0 bridgehead atoms. The third-order valence-electron chi connectivity index (χ3n) is 5.24. The Morgan fingerprint density at radius 3 is 2.62 bits per heavy atom. The zero-order valence-corrected chi connectivity index (χ0v) is 17.5. The third kappa shape index (κ3) is 5.41. The average Bonchev–Trinajstić information content (AvgIpc) is 3.00. The molecule has 2 aliphatic heterocycles. The monoisotopic (exact) mass is 446 g/mol. The maximum absolute atomic E-state index is 13.0. The van der Waals surface area contributed by atoms with E-state index < -0.39 is 35.8 Å². The molecule has 172 valence electrons. The van der Waals surface area contributed by atoms with Crippen LogP contribution in [0.2, 0.25) is 0 Å². The molecule has 0 aliphatic carbocycles. The largest absolute Gasteiger partial charge is 0.465 e. The maximum atomic E-state index is 13.0. The number of imide groups is 2. The molecule has 1 aromatic rings. The zero-order chi connectivity index (χ0) is 23.1. The number of nitrogens with zero attached hydrogens (tertiary/aromatic N) is 1. The quantitative estimate of drug-likeness (QED) is 0.289. The summed E-state index contributed by atoms with van der Waals surface area (Å²) in [5, 5.41) is 16.1. The first-order valence-electron chi connectivity index (χ1n) is 10.5. The molecule has 0 saturated carbocycles. The van der Waals surface area contributed by atoms with Crippen LogP contribution in [0.4, 0.5) is 10.5 Å². The van der Waals surface area contributed by atoms with Crippen molar-refractivity contribution in [3.05, 3.63) is 29.3 Å². The van der Waals surface area contributed by atoms with Gasteiger partial charge in [0.2, 0.25) is 11.8 Å². The molecule has 2 heterocycles. The van der Waals surface area contributed by atoms with Crippen LogP contribution in [0.15, 0.2) is 18.2 Å². The highest BCUT2D eigenvalue weighted by Gasteiger charge is 2.45. The van der Waals surface area contributed by atoms with Gasteiger partial charge in [-0.3, -0.25) is 29.4 Å². The molecular weight excluding hydrogens is 420 g/mol. The van der Waals surface area contributed by atoms with E-state index in [1.165, 1.54) is 0 Å². The number of carboxylic acid groups (broad SMARTS) is 1. The van der Waals surface area contributed by atoms with Gasteiger partial charge >= 0.3 is 6.09 Å². The van der Waals surface area contributed by atoms with Crippen molar-refractivity contribution in [3.8, 4) is 0 Å². The lowest BCUT2D eigenvalue weighted by Gasteiger charge is -2.27. The fourth-order valence-electron chi connectivity index (χ4n) is 3.69. The lowest BCUT2D eigenvalue weighted by atomic mass is 10.0. The number of piperidine rings is 1. The Hall–Kier alpha value is -3.47. The molecule has 11 heteroatoms. The number of amides is 5. The molecule has 4 N–H and O–H groups in total. The molecule has 0 spiro atoms. The topological polar surface area (TPSA) is 154 Å². The number of fused-ring (bicyclic) bond motifs is 1. The first-order chi connectivity index (χ1) is 15.4. The van der Waals surface area contributed by atoms with Crippen molar-refractivity contribution in [2.75, 3.05) is 31.6 Å². The Bertz CT molecular complexity index is 917. The van der Waals surface area contributed by atoms with Crippen molar-refractivity contribution in [3.63, 3.8) is 0 Å². The van der Waals surface area contributed by atoms with E-state index in [4.69, 9.17) is 9.84 Å². The van der Waals surface area contributed by atoms with Gasteiger partial charge in [-0.15, -0.1) is 0 Å². The van der Waals surface area contributed by atoms with Crippen LogP contribution in [-0.2, 0) is 14.3 Å². The summed E-state index contributed by atoms with van der Waals surface area (Å²) < 4.78 is 5.44. The molecule has 11 nitrogen and oxygen atoms in total. The molecule has 1 unspecified atom stereocenters. The molecule has 0 radical (unpaired) electrons. The van der Waals surface area contributed by atoms with Gasteiger partial charge < -0.3 is 20.5 Å². The summed E-state index contributed by atoms with van der Waals surface area (Å²) in [6.45, 7) is 1.90. The number of unbranched alkanes of at least 4 members (excludes halogenated alkanes) is 1. The normalized spacial score (nSPS) is 17.9. The molecule has 5 amide bonds. The van der Waals surface area contributed by atoms with Crippen LogP contribution < -0.4 is 16.0 Å². The van der Waals surface area contributed by atoms with Crippen molar-refractivity contribution in [1.29, 1.82) is 0 Å². The van der Waals surface area contributed by atoms with E-state index in [9.17, 15) is 24.0 Å². The molecule has 2 aliphatic rings. The van der Waals surface area contributed by atoms with Gasteiger partial charge in [0.05, 0.1) is 11.1 Å². The van der Waals surface area contributed by atoms with Crippen molar-refractivity contribution in [2.24, 2.45) is 0 Å². The van der Waals surface area contributed by atoms with E-state index in [2.05, 4.69) is 16.0 Å². The van der Waals surface area contributed by atoms with Crippen LogP contribution in [0.25, 0.3) is 0 Å². The highest BCUT2D eigenvalue weighted by atomic mass is 16.5. The fourth-order valence-corrected chi connectivity index (χ4v) is 3.69. The molecule has 1 aromatic carbocycles. The number of anilines is 1. The Morgan fingerprint density at radius 2 is 1.88 bits per heavy atom. The van der Waals surface area contributed by atoms with Crippen LogP contribution in [-0.4, -0.2) is 72.1 Å². The van der Waals surface area contributed by atoms with E-state index in [-0.39, 0.29) is 24.0 Å². The number of benzene rings is 1. The average molecular weight is 446 g/mol. The maximum Gasteiger partial charge on any atom is 0.404 e. The van der Waals surface area contributed by atoms with Crippen LogP contribution in [0.5, 0.6) is 0 Å². The Labute approximate surface area is 184 Å². The molecule has 1 atom stereocenters. The van der Waals surface area contributed by atoms with Gasteiger partial charge in [0.15, 0.2) is 0 Å². The number of rotatable bonds is 11. The second-order valence-electron chi connectivity index (χ2n) is 7.51. The Kier molecular flexibility index (Phi) is 7.77.